The fourth-order valence-electron chi connectivity index (χ4n) is 3.35. The first-order valence-corrected chi connectivity index (χ1v) is 10.7. The van der Waals surface area contributed by atoms with E-state index in [1.165, 1.54) is 22.5 Å². The highest BCUT2D eigenvalue weighted by Gasteiger charge is 2.21. The number of aryl methyl sites for hydroxylation is 2. The Kier molecular flexibility index (Phi) is 5.81. The fourth-order valence-corrected chi connectivity index (χ4v) is 4.36. The molecule has 0 unspecified atom stereocenters. The fraction of sp³-hybridized carbons (Fsp3) is 0.200. The van der Waals surface area contributed by atoms with Crippen LogP contribution in [-0.4, -0.2) is 18.0 Å². The number of benzene rings is 3. The van der Waals surface area contributed by atoms with Crippen LogP contribution in [0.2, 0.25) is 0 Å². The van der Waals surface area contributed by atoms with Crippen molar-refractivity contribution < 1.29 is 9.53 Å². The van der Waals surface area contributed by atoms with Gasteiger partial charge in [-0.2, -0.15) is 0 Å². The number of ether oxygens (including phenoxy) is 1. The molecule has 4 nitrogen and oxygen atoms in total. The van der Waals surface area contributed by atoms with Crippen molar-refractivity contribution in [3.05, 3.63) is 89.0 Å². The summed E-state index contributed by atoms with van der Waals surface area (Å²) in [6.07, 6.45) is 0.340. The van der Waals surface area contributed by atoms with Crippen LogP contribution in [0.5, 0.6) is 5.75 Å². The molecule has 0 fully saturated rings. The average molecular weight is 417 g/mol. The largest absolute Gasteiger partial charge is 0.497 e. The molecular weight excluding hydrogens is 392 g/mol. The number of hydrogen-bond donors (Lipinski definition) is 0. The number of carbonyl (C=O) groups excluding carboxylic acids is 1. The maximum absolute atomic E-state index is 13.4. The number of hydrogen-bond acceptors (Lipinski definition) is 4. The van der Waals surface area contributed by atoms with Crippen molar-refractivity contribution in [3.63, 3.8) is 0 Å². The molecule has 0 atom stereocenters. The van der Waals surface area contributed by atoms with Crippen LogP contribution in [0.4, 0.5) is 5.13 Å². The van der Waals surface area contributed by atoms with Crippen molar-refractivity contribution in [2.24, 2.45) is 0 Å². The molecular formula is C25H24N2O2S. The van der Waals surface area contributed by atoms with Gasteiger partial charge in [0.15, 0.2) is 5.13 Å². The second kappa shape index (κ2) is 8.67. The van der Waals surface area contributed by atoms with Gasteiger partial charge in [-0.05, 0) is 54.3 Å². The molecule has 0 N–H and O–H groups in total. The molecule has 30 heavy (non-hydrogen) atoms. The average Bonchev–Trinajstić information content (AvgIpc) is 3.18. The molecule has 0 spiro atoms. The Morgan fingerprint density at radius 1 is 0.967 bits per heavy atom. The van der Waals surface area contributed by atoms with E-state index in [9.17, 15) is 4.79 Å². The van der Waals surface area contributed by atoms with Crippen molar-refractivity contribution in [1.82, 2.24) is 4.98 Å². The topological polar surface area (TPSA) is 42.4 Å². The standard InChI is InChI=1S/C25H24N2O2S/c1-17-9-10-20(13-18(17)2)14-24(28)27(16-19-7-5-4-6-8-19)25-26-22-12-11-21(29-3)15-23(22)30-25/h4-13,15H,14,16H2,1-3H3. The smallest absolute Gasteiger partial charge is 0.233 e. The third-order valence-electron chi connectivity index (χ3n) is 5.23. The van der Waals surface area contributed by atoms with Gasteiger partial charge >= 0.3 is 0 Å². The highest BCUT2D eigenvalue weighted by molar-refractivity contribution is 7.22. The van der Waals surface area contributed by atoms with Gasteiger partial charge in [0.05, 0.1) is 30.3 Å². The van der Waals surface area contributed by atoms with Crippen LogP contribution in [0.3, 0.4) is 0 Å². The summed E-state index contributed by atoms with van der Waals surface area (Å²) in [5.41, 5.74) is 5.38. The summed E-state index contributed by atoms with van der Waals surface area (Å²) < 4.78 is 6.33. The van der Waals surface area contributed by atoms with Crippen molar-refractivity contribution in [2.45, 2.75) is 26.8 Å². The van der Waals surface area contributed by atoms with Gasteiger partial charge in [-0.15, -0.1) is 0 Å². The number of methoxy groups -OCH3 is 1. The van der Waals surface area contributed by atoms with Crippen LogP contribution < -0.4 is 9.64 Å². The number of amides is 1. The quantitative estimate of drug-likeness (QED) is 0.405. The molecule has 0 aliphatic carbocycles. The van der Waals surface area contributed by atoms with Gasteiger partial charge in [0, 0.05) is 0 Å². The molecule has 1 heterocycles. The number of thiazole rings is 1. The maximum atomic E-state index is 13.4. The minimum atomic E-state index is 0.0353. The number of fused-ring (bicyclic) bond motifs is 1. The van der Waals surface area contributed by atoms with Crippen LogP contribution >= 0.6 is 11.3 Å². The predicted octanol–water partition coefficient (Wildman–Crippen LogP) is 5.70. The van der Waals surface area contributed by atoms with Gasteiger partial charge in [-0.1, -0.05) is 59.9 Å². The number of rotatable bonds is 6. The van der Waals surface area contributed by atoms with E-state index in [-0.39, 0.29) is 5.91 Å². The number of aromatic nitrogens is 1. The Bertz CT molecular complexity index is 1180. The van der Waals surface area contributed by atoms with E-state index in [0.717, 1.165) is 27.1 Å². The first-order valence-electron chi connectivity index (χ1n) is 9.88. The zero-order valence-electron chi connectivity index (χ0n) is 17.4. The van der Waals surface area contributed by atoms with Gasteiger partial charge in [0.25, 0.3) is 0 Å². The molecule has 1 aromatic heterocycles. The summed E-state index contributed by atoms with van der Waals surface area (Å²) in [4.78, 5) is 19.9. The van der Waals surface area contributed by atoms with Crippen molar-refractivity contribution in [2.75, 3.05) is 12.0 Å². The Hall–Kier alpha value is -3.18. The predicted molar refractivity (Wildman–Crippen MR) is 123 cm³/mol. The van der Waals surface area contributed by atoms with E-state index in [0.29, 0.717) is 18.1 Å². The van der Waals surface area contributed by atoms with E-state index >= 15 is 0 Å². The Labute approximate surface area is 180 Å². The zero-order valence-corrected chi connectivity index (χ0v) is 18.2. The monoisotopic (exact) mass is 416 g/mol. The molecule has 0 saturated heterocycles. The second-order valence-electron chi connectivity index (χ2n) is 7.39. The lowest BCUT2D eigenvalue weighted by atomic mass is 10.0. The van der Waals surface area contributed by atoms with Crippen molar-refractivity contribution in [3.8, 4) is 5.75 Å². The lowest BCUT2D eigenvalue weighted by molar-refractivity contribution is -0.118. The van der Waals surface area contributed by atoms with Gasteiger partial charge in [-0.25, -0.2) is 4.98 Å². The summed E-state index contributed by atoms with van der Waals surface area (Å²) >= 11 is 1.51. The molecule has 3 aromatic carbocycles. The minimum Gasteiger partial charge on any atom is -0.497 e. The molecule has 4 rings (SSSR count). The lowest BCUT2D eigenvalue weighted by Crippen LogP contribution is -2.31. The van der Waals surface area contributed by atoms with Gasteiger partial charge in [0.2, 0.25) is 5.91 Å². The molecule has 4 aromatic rings. The maximum Gasteiger partial charge on any atom is 0.233 e. The summed E-state index contributed by atoms with van der Waals surface area (Å²) in [5, 5.41) is 0.705. The van der Waals surface area contributed by atoms with Crippen LogP contribution in [0.15, 0.2) is 66.7 Å². The zero-order chi connectivity index (χ0) is 21.1. The molecule has 1 amide bonds. The van der Waals surface area contributed by atoms with Crippen molar-refractivity contribution in [1.29, 1.82) is 0 Å². The number of carbonyl (C=O) groups is 1. The van der Waals surface area contributed by atoms with Gasteiger partial charge in [0.1, 0.15) is 5.75 Å². The Morgan fingerprint density at radius 2 is 1.77 bits per heavy atom. The lowest BCUT2D eigenvalue weighted by Gasteiger charge is -2.20. The summed E-state index contributed by atoms with van der Waals surface area (Å²) in [6.45, 7) is 4.64. The number of nitrogens with zero attached hydrogens (tertiary/aromatic N) is 2. The summed E-state index contributed by atoms with van der Waals surface area (Å²) in [5.74, 6) is 0.821. The SMILES string of the molecule is COc1ccc2nc(N(Cc3ccccc3)C(=O)Cc3ccc(C)c(C)c3)sc2c1. The van der Waals surface area contributed by atoms with Crippen LogP contribution in [0.1, 0.15) is 22.3 Å². The van der Waals surface area contributed by atoms with E-state index in [1.54, 1.807) is 12.0 Å². The molecule has 5 heteroatoms. The Balaban J connectivity index is 1.68. The summed E-state index contributed by atoms with van der Waals surface area (Å²) in [7, 11) is 1.65. The van der Waals surface area contributed by atoms with E-state index < -0.39 is 0 Å². The van der Waals surface area contributed by atoms with Crippen LogP contribution in [-0.2, 0) is 17.8 Å². The first-order chi connectivity index (χ1) is 14.5. The van der Waals surface area contributed by atoms with Crippen LogP contribution in [0.25, 0.3) is 10.2 Å². The molecule has 0 saturated carbocycles. The molecule has 0 radical (unpaired) electrons. The summed E-state index contributed by atoms with van der Waals surface area (Å²) in [6, 6.07) is 22.0. The van der Waals surface area contributed by atoms with Gasteiger partial charge in [-0.3, -0.25) is 9.69 Å². The van der Waals surface area contributed by atoms with Gasteiger partial charge < -0.3 is 4.74 Å². The highest BCUT2D eigenvalue weighted by atomic mass is 32.1. The Morgan fingerprint density at radius 3 is 2.50 bits per heavy atom. The highest BCUT2D eigenvalue weighted by Crippen LogP contribution is 2.32. The van der Waals surface area contributed by atoms with E-state index in [4.69, 9.17) is 9.72 Å². The van der Waals surface area contributed by atoms with E-state index in [1.807, 2.05) is 54.6 Å². The first kappa shape index (κ1) is 20.1. The molecule has 0 aliphatic rings. The normalized spacial score (nSPS) is 10.9. The minimum absolute atomic E-state index is 0.0353. The third-order valence-corrected chi connectivity index (χ3v) is 6.27. The molecule has 0 aliphatic heterocycles. The third kappa shape index (κ3) is 4.36. The molecule has 0 bridgehead atoms. The molecule has 152 valence electrons. The number of anilines is 1. The second-order valence-corrected chi connectivity index (χ2v) is 8.40. The van der Waals surface area contributed by atoms with E-state index in [2.05, 4.69) is 26.0 Å². The van der Waals surface area contributed by atoms with Crippen LogP contribution in [0, 0.1) is 13.8 Å². The van der Waals surface area contributed by atoms with Crippen molar-refractivity contribution >= 4 is 32.6 Å².